The third-order valence-corrected chi connectivity index (χ3v) is 2.51. The van der Waals surface area contributed by atoms with Crippen LogP contribution in [0.4, 0.5) is 0 Å². The van der Waals surface area contributed by atoms with Gasteiger partial charge >= 0.3 is 5.69 Å². The molecule has 0 radical (unpaired) electrons. The summed E-state index contributed by atoms with van der Waals surface area (Å²) in [6.45, 7) is 4.30. The maximum atomic E-state index is 12.0. The zero-order chi connectivity index (χ0) is 12.3. The number of hydrogen-bond donors (Lipinski definition) is 2. The number of nitrogens with one attached hydrogen (secondary N) is 2. The van der Waals surface area contributed by atoms with Crippen molar-refractivity contribution in [3.8, 4) is 0 Å². The van der Waals surface area contributed by atoms with Crippen LogP contribution in [0.5, 0.6) is 0 Å². The highest BCUT2D eigenvalue weighted by molar-refractivity contribution is 5.76. The van der Waals surface area contributed by atoms with Gasteiger partial charge in [-0.25, -0.2) is 4.79 Å². The number of benzene rings is 1. The second-order valence-corrected chi connectivity index (χ2v) is 3.59. The van der Waals surface area contributed by atoms with E-state index >= 15 is 0 Å². The molecular formula is C12H13N3O2. The molecule has 1 aromatic heterocycles. The topological polar surface area (TPSA) is 66.9 Å². The molecule has 2 aromatic rings. The van der Waals surface area contributed by atoms with Gasteiger partial charge < -0.3 is 10.3 Å². The molecular weight excluding hydrogens is 218 g/mol. The summed E-state index contributed by atoms with van der Waals surface area (Å²) in [5.41, 5.74) is -0.0924. The van der Waals surface area contributed by atoms with Crippen LogP contribution in [-0.4, -0.2) is 16.1 Å². The number of H-pyrrole nitrogens is 1. The van der Waals surface area contributed by atoms with Gasteiger partial charge in [-0.2, -0.15) is 0 Å². The Labute approximate surface area is 97.4 Å². The minimum Gasteiger partial charge on any atom is -0.390 e. The van der Waals surface area contributed by atoms with Gasteiger partial charge in [0.1, 0.15) is 0 Å². The van der Waals surface area contributed by atoms with Crippen molar-refractivity contribution in [1.29, 1.82) is 0 Å². The van der Waals surface area contributed by atoms with Crippen molar-refractivity contribution in [2.45, 2.75) is 6.54 Å². The van der Waals surface area contributed by atoms with E-state index in [2.05, 4.69) is 16.9 Å². The van der Waals surface area contributed by atoms with Crippen molar-refractivity contribution in [2.24, 2.45) is 0 Å². The molecule has 0 saturated heterocycles. The zero-order valence-electron chi connectivity index (χ0n) is 9.27. The molecule has 0 amide bonds. The highest BCUT2D eigenvalue weighted by Gasteiger charge is 2.05. The summed E-state index contributed by atoms with van der Waals surface area (Å²) in [5, 5.41) is 3.37. The molecule has 1 aromatic carbocycles. The van der Waals surface area contributed by atoms with Crippen molar-refractivity contribution in [1.82, 2.24) is 14.9 Å². The lowest BCUT2D eigenvalue weighted by Crippen LogP contribution is -2.37. The van der Waals surface area contributed by atoms with Crippen LogP contribution in [0.25, 0.3) is 10.9 Å². The van der Waals surface area contributed by atoms with Crippen molar-refractivity contribution in [3.05, 3.63) is 57.9 Å². The number of hydrogen-bond acceptors (Lipinski definition) is 3. The highest BCUT2D eigenvalue weighted by Crippen LogP contribution is 2.02. The highest BCUT2D eigenvalue weighted by atomic mass is 16.2. The first-order valence-corrected chi connectivity index (χ1v) is 5.30. The van der Waals surface area contributed by atoms with Gasteiger partial charge in [0.15, 0.2) is 0 Å². The largest absolute Gasteiger partial charge is 0.390 e. The Morgan fingerprint density at radius 1 is 1.35 bits per heavy atom. The summed E-state index contributed by atoms with van der Waals surface area (Å²) < 4.78 is 1.18. The predicted octanol–water partition coefficient (Wildman–Crippen LogP) is 0.423. The molecule has 1 heterocycles. The minimum atomic E-state index is -0.389. The third kappa shape index (κ3) is 2.13. The summed E-state index contributed by atoms with van der Waals surface area (Å²) in [7, 11) is 0. The maximum absolute atomic E-state index is 12.0. The smallest absolute Gasteiger partial charge is 0.328 e. The predicted molar refractivity (Wildman–Crippen MR) is 67.0 cm³/mol. The molecule has 0 bridgehead atoms. The molecule has 5 nitrogen and oxygen atoms in total. The molecule has 88 valence electrons. The van der Waals surface area contributed by atoms with E-state index in [1.807, 2.05) is 0 Å². The molecule has 17 heavy (non-hydrogen) atoms. The quantitative estimate of drug-likeness (QED) is 0.749. The van der Waals surface area contributed by atoms with Crippen LogP contribution in [0.15, 0.2) is 46.6 Å². The lowest BCUT2D eigenvalue weighted by molar-refractivity contribution is 0.614. The lowest BCUT2D eigenvalue weighted by atomic mass is 10.2. The van der Waals surface area contributed by atoms with E-state index in [0.29, 0.717) is 24.0 Å². The molecule has 0 atom stereocenters. The van der Waals surface area contributed by atoms with E-state index in [9.17, 15) is 9.59 Å². The van der Waals surface area contributed by atoms with Crippen LogP contribution in [0.3, 0.4) is 0 Å². The van der Waals surface area contributed by atoms with E-state index < -0.39 is 0 Å². The Bertz CT molecular complexity index is 655. The first-order chi connectivity index (χ1) is 8.24. The Morgan fingerprint density at radius 2 is 2.12 bits per heavy atom. The average molecular weight is 231 g/mol. The maximum Gasteiger partial charge on any atom is 0.328 e. The van der Waals surface area contributed by atoms with Gasteiger partial charge in [-0.15, -0.1) is 0 Å². The molecule has 0 spiro atoms. The summed E-state index contributed by atoms with van der Waals surface area (Å²) in [6.07, 6.45) is 1.53. The number of aromatic amines is 1. The Morgan fingerprint density at radius 3 is 2.88 bits per heavy atom. The van der Waals surface area contributed by atoms with E-state index in [-0.39, 0.29) is 11.2 Å². The number of para-hydroxylation sites is 1. The molecule has 0 aliphatic heterocycles. The zero-order valence-corrected chi connectivity index (χ0v) is 9.27. The first kappa shape index (κ1) is 11.2. The van der Waals surface area contributed by atoms with Gasteiger partial charge in [-0.1, -0.05) is 18.7 Å². The van der Waals surface area contributed by atoms with Crippen LogP contribution < -0.4 is 16.6 Å². The number of fused-ring (bicyclic) bond motifs is 1. The molecule has 2 N–H and O–H groups in total. The van der Waals surface area contributed by atoms with E-state index in [1.165, 1.54) is 10.8 Å². The van der Waals surface area contributed by atoms with Crippen molar-refractivity contribution < 1.29 is 0 Å². The van der Waals surface area contributed by atoms with Gasteiger partial charge in [-0.3, -0.25) is 9.36 Å². The molecule has 5 heteroatoms. The Hall–Kier alpha value is -2.30. The SMILES string of the molecule is C=CNCCn1c(=O)[nH]c2ccccc2c1=O. The van der Waals surface area contributed by atoms with Crippen LogP contribution >= 0.6 is 0 Å². The molecule has 0 unspecified atom stereocenters. The number of aromatic nitrogens is 2. The molecule has 2 rings (SSSR count). The summed E-state index contributed by atoms with van der Waals surface area (Å²) in [4.78, 5) is 26.4. The van der Waals surface area contributed by atoms with Crippen molar-refractivity contribution in [2.75, 3.05) is 6.54 Å². The molecule has 0 saturated carbocycles. The molecule has 0 fully saturated rings. The van der Waals surface area contributed by atoms with Crippen LogP contribution in [0, 0.1) is 0 Å². The van der Waals surface area contributed by atoms with Gasteiger partial charge in [0.25, 0.3) is 5.56 Å². The van der Waals surface area contributed by atoms with E-state index in [0.717, 1.165) is 0 Å². The van der Waals surface area contributed by atoms with Gasteiger partial charge in [0, 0.05) is 13.1 Å². The summed E-state index contributed by atoms with van der Waals surface area (Å²) in [6, 6.07) is 6.96. The van der Waals surface area contributed by atoms with E-state index in [1.54, 1.807) is 24.3 Å². The molecule has 0 aliphatic rings. The Kier molecular flexibility index (Phi) is 3.09. The minimum absolute atomic E-state index is 0.268. The van der Waals surface area contributed by atoms with E-state index in [4.69, 9.17) is 0 Å². The molecule has 0 aliphatic carbocycles. The second-order valence-electron chi connectivity index (χ2n) is 3.59. The normalized spacial score (nSPS) is 10.4. The summed E-state index contributed by atoms with van der Waals surface area (Å²) >= 11 is 0. The van der Waals surface area contributed by atoms with Gasteiger partial charge in [-0.05, 0) is 18.3 Å². The summed E-state index contributed by atoms with van der Waals surface area (Å²) in [5.74, 6) is 0. The van der Waals surface area contributed by atoms with Crippen molar-refractivity contribution in [3.63, 3.8) is 0 Å². The van der Waals surface area contributed by atoms with Gasteiger partial charge in [0.05, 0.1) is 10.9 Å². The Balaban J connectivity index is 2.52. The number of nitrogens with zero attached hydrogens (tertiary/aromatic N) is 1. The monoisotopic (exact) mass is 231 g/mol. The lowest BCUT2D eigenvalue weighted by Gasteiger charge is -2.05. The van der Waals surface area contributed by atoms with Gasteiger partial charge in [0.2, 0.25) is 0 Å². The number of rotatable bonds is 4. The third-order valence-electron chi connectivity index (χ3n) is 2.51. The average Bonchev–Trinajstić information content (AvgIpc) is 2.33. The standard InChI is InChI=1S/C12H13N3O2/c1-2-13-7-8-15-11(16)9-5-3-4-6-10(9)14-12(15)17/h2-6,13H,1,7-8H2,(H,14,17). The fourth-order valence-corrected chi connectivity index (χ4v) is 1.68. The van der Waals surface area contributed by atoms with Crippen LogP contribution in [0.1, 0.15) is 0 Å². The van der Waals surface area contributed by atoms with Crippen molar-refractivity contribution >= 4 is 10.9 Å². The van der Waals surface area contributed by atoms with Crippen LogP contribution in [-0.2, 0) is 6.54 Å². The fraction of sp³-hybridized carbons (Fsp3) is 0.167. The second kappa shape index (κ2) is 4.69. The van der Waals surface area contributed by atoms with Crippen LogP contribution in [0.2, 0.25) is 0 Å². The first-order valence-electron chi connectivity index (χ1n) is 5.30. The fourth-order valence-electron chi connectivity index (χ4n) is 1.68.